The first kappa shape index (κ1) is 16.6. The summed E-state index contributed by atoms with van der Waals surface area (Å²) in [6, 6.07) is 9.49. The molecule has 3 heterocycles. The number of benzene rings is 1. The Morgan fingerprint density at radius 2 is 2.15 bits per heavy atom. The normalized spacial score (nSPS) is 14.9. The highest BCUT2D eigenvalue weighted by Crippen LogP contribution is 2.28. The highest BCUT2D eigenvalue weighted by atomic mass is 16.2. The van der Waals surface area contributed by atoms with Crippen molar-refractivity contribution in [3.05, 3.63) is 65.2 Å². The smallest absolute Gasteiger partial charge is 0.256 e. The van der Waals surface area contributed by atoms with Crippen molar-refractivity contribution in [1.82, 2.24) is 24.9 Å². The Hall–Kier alpha value is -2.89. The highest BCUT2D eigenvalue weighted by Gasteiger charge is 2.28. The summed E-state index contributed by atoms with van der Waals surface area (Å²) in [5.41, 5.74) is 4.94. The van der Waals surface area contributed by atoms with Crippen LogP contribution in [0.5, 0.6) is 0 Å². The molecule has 0 fully saturated rings. The van der Waals surface area contributed by atoms with Crippen LogP contribution in [-0.2, 0) is 13.0 Å². The molecule has 0 bridgehead atoms. The summed E-state index contributed by atoms with van der Waals surface area (Å²) < 4.78 is 1.74. The maximum Gasteiger partial charge on any atom is 0.256 e. The van der Waals surface area contributed by atoms with Crippen molar-refractivity contribution in [3.63, 3.8) is 0 Å². The molecular formula is C20H23N5O. The van der Waals surface area contributed by atoms with E-state index in [9.17, 15) is 4.79 Å². The van der Waals surface area contributed by atoms with E-state index in [1.165, 1.54) is 11.3 Å². The molecule has 0 spiro atoms. The van der Waals surface area contributed by atoms with E-state index >= 15 is 0 Å². The molecule has 1 N–H and O–H groups in total. The van der Waals surface area contributed by atoms with Crippen LogP contribution in [0.3, 0.4) is 0 Å². The number of hydrogen-bond acceptors (Lipinski definition) is 3. The molecule has 1 atom stereocenters. The van der Waals surface area contributed by atoms with E-state index in [1.54, 1.807) is 10.9 Å². The molecule has 1 aliphatic rings. The summed E-state index contributed by atoms with van der Waals surface area (Å²) in [4.78, 5) is 15.2. The number of nitrogens with one attached hydrogen (secondary N) is 1. The number of carbonyl (C=O) groups is 1. The Kier molecular flexibility index (Phi) is 4.32. The maximum atomic E-state index is 13.3. The summed E-state index contributed by atoms with van der Waals surface area (Å²) in [5.74, 6) is 0.430. The van der Waals surface area contributed by atoms with Crippen LogP contribution in [0.2, 0.25) is 0 Å². The highest BCUT2D eigenvalue weighted by molar-refractivity contribution is 5.97. The zero-order valence-corrected chi connectivity index (χ0v) is 15.1. The molecular weight excluding hydrogens is 326 g/mol. The molecule has 6 nitrogen and oxygen atoms in total. The van der Waals surface area contributed by atoms with Crippen molar-refractivity contribution in [2.75, 3.05) is 6.54 Å². The molecule has 0 aliphatic carbocycles. The second-order valence-electron chi connectivity index (χ2n) is 6.82. The van der Waals surface area contributed by atoms with E-state index in [0.29, 0.717) is 24.6 Å². The van der Waals surface area contributed by atoms with Crippen molar-refractivity contribution in [2.24, 2.45) is 0 Å². The Labute approximate surface area is 152 Å². The summed E-state index contributed by atoms with van der Waals surface area (Å²) in [6.07, 6.45) is 5.43. The molecule has 1 amide bonds. The monoisotopic (exact) mass is 349 g/mol. The fourth-order valence-electron chi connectivity index (χ4n) is 3.53. The average Bonchev–Trinajstić information content (AvgIpc) is 3.36. The fourth-order valence-corrected chi connectivity index (χ4v) is 3.53. The maximum absolute atomic E-state index is 13.3. The molecule has 0 saturated heterocycles. The first-order chi connectivity index (χ1) is 12.7. The predicted octanol–water partition coefficient (Wildman–Crippen LogP) is 3.31. The molecule has 0 saturated carbocycles. The molecule has 6 heteroatoms. The van der Waals surface area contributed by atoms with E-state index in [0.717, 1.165) is 24.2 Å². The predicted molar refractivity (Wildman–Crippen MR) is 99.3 cm³/mol. The van der Waals surface area contributed by atoms with Gasteiger partial charge in [-0.3, -0.25) is 9.89 Å². The van der Waals surface area contributed by atoms with Crippen molar-refractivity contribution >= 4 is 5.91 Å². The molecule has 0 unspecified atom stereocenters. The van der Waals surface area contributed by atoms with Gasteiger partial charge in [0, 0.05) is 49.1 Å². The van der Waals surface area contributed by atoms with Gasteiger partial charge in [0.2, 0.25) is 0 Å². The Morgan fingerprint density at radius 3 is 2.92 bits per heavy atom. The van der Waals surface area contributed by atoms with Gasteiger partial charge >= 0.3 is 0 Å². The first-order valence-electron chi connectivity index (χ1n) is 9.13. The van der Waals surface area contributed by atoms with Crippen LogP contribution in [-0.4, -0.2) is 37.3 Å². The zero-order chi connectivity index (χ0) is 18.1. The lowest BCUT2D eigenvalue weighted by Gasteiger charge is -2.28. The van der Waals surface area contributed by atoms with Crippen molar-refractivity contribution in [3.8, 4) is 5.69 Å². The number of fused-ring (bicyclic) bond motifs is 1. The van der Waals surface area contributed by atoms with E-state index in [1.807, 2.05) is 41.4 Å². The third kappa shape index (κ3) is 2.81. The van der Waals surface area contributed by atoms with Crippen LogP contribution in [0.1, 0.15) is 53.5 Å². The summed E-state index contributed by atoms with van der Waals surface area (Å²) in [5, 5.41) is 12.0. The molecule has 2 aromatic heterocycles. The quantitative estimate of drug-likeness (QED) is 0.786. The Balaban J connectivity index is 1.64. The van der Waals surface area contributed by atoms with Crippen LogP contribution >= 0.6 is 0 Å². The fraction of sp³-hybridized carbons (Fsp3) is 0.350. The number of H-pyrrole nitrogens is 1. The van der Waals surface area contributed by atoms with Crippen LogP contribution in [0, 0.1) is 0 Å². The number of aromatic nitrogens is 4. The minimum absolute atomic E-state index is 0.0399. The van der Waals surface area contributed by atoms with E-state index in [-0.39, 0.29) is 5.91 Å². The van der Waals surface area contributed by atoms with Gasteiger partial charge in [0.05, 0.1) is 16.9 Å². The summed E-state index contributed by atoms with van der Waals surface area (Å²) in [7, 11) is 0. The second kappa shape index (κ2) is 6.78. The van der Waals surface area contributed by atoms with Gasteiger partial charge in [0.25, 0.3) is 5.91 Å². The van der Waals surface area contributed by atoms with Crippen LogP contribution in [0.25, 0.3) is 5.69 Å². The molecule has 1 aliphatic heterocycles. The van der Waals surface area contributed by atoms with Gasteiger partial charge < -0.3 is 4.90 Å². The summed E-state index contributed by atoms with van der Waals surface area (Å²) in [6.45, 7) is 5.65. The second-order valence-corrected chi connectivity index (χ2v) is 6.82. The molecule has 1 aromatic carbocycles. The molecule has 26 heavy (non-hydrogen) atoms. The van der Waals surface area contributed by atoms with E-state index < -0.39 is 0 Å². The summed E-state index contributed by atoms with van der Waals surface area (Å²) >= 11 is 0. The van der Waals surface area contributed by atoms with Gasteiger partial charge in [-0.05, 0) is 24.6 Å². The molecule has 4 rings (SSSR count). The number of carbonyl (C=O) groups excluding carboxylic acids is 1. The van der Waals surface area contributed by atoms with E-state index in [2.05, 4.69) is 29.1 Å². The number of rotatable bonds is 4. The third-order valence-electron chi connectivity index (χ3n) is 5.22. The number of para-hydroxylation sites is 1. The van der Waals surface area contributed by atoms with Crippen molar-refractivity contribution in [2.45, 2.75) is 39.2 Å². The minimum Gasteiger partial charge on any atom is -0.334 e. The molecule has 134 valence electrons. The van der Waals surface area contributed by atoms with Crippen LogP contribution in [0.4, 0.5) is 0 Å². The number of nitrogens with zero attached hydrogens (tertiary/aromatic N) is 4. The topological polar surface area (TPSA) is 66.8 Å². The number of amides is 1. The van der Waals surface area contributed by atoms with Crippen LogP contribution < -0.4 is 0 Å². The SMILES string of the molecule is CC[C@H](C)c1n[nH]c2c1CN(C(=O)c1ccccc1-n1cccn1)CC2. The standard InChI is InChI=1S/C20H23N5O/c1-3-14(2)19-16-13-24(12-9-17(16)22-23-19)20(26)15-7-4-5-8-18(15)25-11-6-10-21-25/h4-8,10-11,14H,3,9,12-13H2,1-2H3,(H,22,23)/t14-/m0/s1. The zero-order valence-electron chi connectivity index (χ0n) is 15.1. The van der Waals surface area contributed by atoms with Gasteiger partial charge in [0.1, 0.15) is 0 Å². The average molecular weight is 349 g/mol. The lowest BCUT2D eigenvalue weighted by atomic mass is 9.96. The van der Waals surface area contributed by atoms with Crippen LogP contribution in [0.15, 0.2) is 42.7 Å². The number of hydrogen-bond donors (Lipinski definition) is 1. The van der Waals surface area contributed by atoms with Gasteiger partial charge in [-0.15, -0.1) is 0 Å². The van der Waals surface area contributed by atoms with Gasteiger partial charge in [-0.25, -0.2) is 4.68 Å². The van der Waals surface area contributed by atoms with Crippen molar-refractivity contribution in [1.29, 1.82) is 0 Å². The third-order valence-corrected chi connectivity index (χ3v) is 5.22. The lowest BCUT2D eigenvalue weighted by molar-refractivity contribution is 0.0733. The van der Waals surface area contributed by atoms with Gasteiger partial charge in [-0.2, -0.15) is 10.2 Å². The Morgan fingerprint density at radius 1 is 1.31 bits per heavy atom. The van der Waals surface area contributed by atoms with Gasteiger partial charge in [-0.1, -0.05) is 26.0 Å². The lowest BCUT2D eigenvalue weighted by Crippen LogP contribution is -2.36. The van der Waals surface area contributed by atoms with Gasteiger partial charge in [0.15, 0.2) is 0 Å². The minimum atomic E-state index is 0.0399. The largest absolute Gasteiger partial charge is 0.334 e. The molecule has 3 aromatic rings. The first-order valence-corrected chi connectivity index (χ1v) is 9.13. The van der Waals surface area contributed by atoms with E-state index in [4.69, 9.17) is 0 Å². The molecule has 0 radical (unpaired) electrons. The number of aromatic amines is 1. The van der Waals surface area contributed by atoms with Crippen molar-refractivity contribution < 1.29 is 4.79 Å². The Bertz CT molecular complexity index is 912.